The number of carboxylic acids is 2. The fourth-order valence-corrected chi connectivity index (χ4v) is 4.91. The first-order chi connectivity index (χ1) is 10.3. The van der Waals surface area contributed by atoms with Crippen molar-refractivity contribution in [3.8, 4) is 0 Å². The molecule has 0 radical (unpaired) electrons. The Labute approximate surface area is 133 Å². The van der Waals surface area contributed by atoms with Gasteiger partial charge in [-0.25, -0.2) is 0 Å². The number of aliphatic carboxylic acids is 2. The molecule has 1 aromatic heterocycles. The van der Waals surface area contributed by atoms with Crippen molar-refractivity contribution in [3.63, 3.8) is 0 Å². The van der Waals surface area contributed by atoms with E-state index in [-0.39, 0.29) is 4.88 Å². The highest BCUT2D eigenvalue weighted by Gasteiger charge is 2.58. The van der Waals surface area contributed by atoms with Crippen LogP contribution in [0.15, 0.2) is 17.5 Å². The summed E-state index contributed by atoms with van der Waals surface area (Å²) in [6.45, 7) is 0. The average Bonchev–Trinajstić information content (AvgIpc) is 2.82. The summed E-state index contributed by atoms with van der Waals surface area (Å²) in [4.78, 5) is 59.9. The molecule has 1 rings (SSSR count). The Balaban J connectivity index is 3.44. The molecule has 1 heterocycles. The molecular formula is C10H14O10P2S. The summed E-state index contributed by atoms with van der Waals surface area (Å²) in [7, 11) is -10.8. The van der Waals surface area contributed by atoms with E-state index in [9.17, 15) is 33.6 Å². The molecule has 10 nitrogen and oxygen atoms in total. The molecule has 0 fully saturated rings. The van der Waals surface area contributed by atoms with Crippen LogP contribution in [0.3, 0.4) is 0 Å². The summed E-state index contributed by atoms with van der Waals surface area (Å²) in [6, 6.07) is 2.87. The van der Waals surface area contributed by atoms with Gasteiger partial charge in [0.15, 0.2) is 10.8 Å². The third-order valence-corrected chi connectivity index (χ3v) is 6.96. The van der Waals surface area contributed by atoms with Gasteiger partial charge in [-0.15, -0.1) is 11.3 Å². The third-order valence-electron chi connectivity index (χ3n) is 3.22. The lowest BCUT2D eigenvalue weighted by Gasteiger charge is -2.32. The van der Waals surface area contributed by atoms with Crippen molar-refractivity contribution in [2.45, 2.75) is 23.7 Å². The van der Waals surface area contributed by atoms with Crippen LogP contribution in [0.2, 0.25) is 0 Å². The van der Waals surface area contributed by atoms with E-state index in [4.69, 9.17) is 14.9 Å². The molecule has 0 saturated carbocycles. The van der Waals surface area contributed by atoms with Crippen molar-refractivity contribution in [2.75, 3.05) is 0 Å². The van der Waals surface area contributed by atoms with Crippen molar-refractivity contribution in [3.05, 3.63) is 22.4 Å². The zero-order chi connectivity index (χ0) is 18.1. The van der Waals surface area contributed by atoms with E-state index < -0.39 is 50.8 Å². The van der Waals surface area contributed by atoms with Crippen LogP contribution in [-0.2, 0) is 25.1 Å². The second-order valence-electron chi connectivity index (χ2n) is 4.78. The van der Waals surface area contributed by atoms with Gasteiger partial charge in [-0.3, -0.25) is 18.7 Å². The van der Waals surface area contributed by atoms with E-state index in [2.05, 4.69) is 0 Å². The largest absolute Gasteiger partial charge is 0.481 e. The summed E-state index contributed by atoms with van der Waals surface area (Å²) >= 11 is 0.978. The summed E-state index contributed by atoms with van der Waals surface area (Å²) in [5.74, 6) is -4.07. The van der Waals surface area contributed by atoms with Crippen LogP contribution in [0.4, 0.5) is 0 Å². The van der Waals surface area contributed by atoms with E-state index in [1.807, 2.05) is 0 Å². The molecule has 0 aliphatic rings. The van der Waals surface area contributed by atoms with Crippen LogP contribution in [0.25, 0.3) is 0 Å². The van der Waals surface area contributed by atoms with Crippen LogP contribution in [0.1, 0.15) is 11.3 Å². The molecule has 0 aliphatic carbocycles. The van der Waals surface area contributed by atoms with Crippen molar-refractivity contribution in [1.29, 1.82) is 0 Å². The van der Waals surface area contributed by atoms with Gasteiger partial charge < -0.3 is 29.8 Å². The minimum Gasteiger partial charge on any atom is -0.481 e. The maximum atomic E-state index is 11.8. The molecule has 0 amide bonds. The predicted octanol–water partition coefficient (Wildman–Crippen LogP) is 0.313. The van der Waals surface area contributed by atoms with Crippen molar-refractivity contribution >= 4 is 38.5 Å². The Hall–Kier alpha value is -1.06. The van der Waals surface area contributed by atoms with Gasteiger partial charge in [0.05, 0.1) is 0 Å². The predicted molar refractivity (Wildman–Crippen MR) is 78.5 cm³/mol. The van der Waals surface area contributed by atoms with Crippen molar-refractivity contribution in [2.24, 2.45) is 0 Å². The summed E-state index contributed by atoms with van der Waals surface area (Å²) in [5, 5.41) is 16.8. The fourth-order valence-electron chi connectivity index (χ4n) is 1.95. The Kier molecular flexibility index (Phi) is 5.93. The van der Waals surface area contributed by atoms with Crippen molar-refractivity contribution in [1.82, 2.24) is 0 Å². The third kappa shape index (κ3) is 4.48. The molecular weight excluding hydrogens is 374 g/mol. The Morgan fingerprint density at radius 2 is 1.74 bits per heavy atom. The number of rotatable bonds is 8. The van der Waals surface area contributed by atoms with E-state index >= 15 is 0 Å². The van der Waals surface area contributed by atoms with Gasteiger partial charge in [0.1, 0.15) is 0 Å². The van der Waals surface area contributed by atoms with Crippen LogP contribution in [-0.4, -0.2) is 52.5 Å². The zero-order valence-electron chi connectivity index (χ0n) is 11.3. The van der Waals surface area contributed by atoms with Gasteiger partial charge in [0.2, 0.25) is 0 Å². The molecule has 6 N–H and O–H groups in total. The first-order valence-corrected chi connectivity index (χ1v) is 10.1. The molecule has 0 spiro atoms. The SMILES string of the molecule is O=C(O)C(CC(Cc1cccs1)(C(=O)O)P(=O)(O)O)P(=O)(O)O. The second kappa shape index (κ2) is 6.82. The first kappa shape index (κ1) is 20.0. The van der Waals surface area contributed by atoms with Gasteiger partial charge in [-0.1, -0.05) is 6.07 Å². The van der Waals surface area contributed by atoms with Gasteiger partial charge in [0, 0.05) is 17.7 Å². The molecule has 1 aromatic rings. The highest BCUT2D eigenvalue weighted by molar-refractivity contribution is 7.55. The van der Waals surface area contributed by atoms with Gasteiger partial charge in [-0.05, 0) is 11.4 Å². The first-order valence-electron chi connectivity index (χ1n) is 5.91. The minimum absolute atomic E-state index is 0.227. The number of hydrogen-bond acceptors (Lipinski definition) is 5. The van der Waals surface area contributed by atoms with E-state index in [0.29, 0.717) is 0 Å². The van der Waals surface area contributed by atoms with Crippen LogP contribution < -0.4 is 0 Å². The van der Waals surface area contributed by atoms with Gasteiger partial charge in [-0.2, -0.15) is 0 Å². The summed E-state index contributed by atoms with van der Waals surface area (Å²) < 4.78 is 23.1. The lowest BCUT2D eigenvalue weighted by atomic mass is 9.97. The number of hydrogen-bond donors (Lipinski definition) is 6. The zero-order valence-corrected chi connectivity index (χ0v) is 13.9. The maximum Gasteiger partial charge on any atom is 0.343 e. The number of carbonyl (C=O) groups is 2. The number of thiophene rings is 1. The molecule has 0 aromatic carbocycles. The van der Waals surface area contributed by atoms with Crippen LogP contribution in [0.5, 0.6) is 0 Å². The topological polar surface area (TPSA) is 190 Å². The molecule has 2 atom stereocenters. The lowest BCUT2D eigenvalue weighted by molar-refractivity contribution is -0.141. The monoisotopic (exact) mass is 388 g/mol. The quantitative estimate of drug-likeness (QED) is 0.338. The van der Waals surface area contributed by atoms with Gasteiger partial charge >= 0.3 is 27.1 Å². The molecule has 130 valence electrons. The van der Waals surface area contributed by atoms with Crippen LogP contribution >= 0.6 is 26.5 Å². The Morgan fingerprint density at radius 1 is 1.17 bits per heavy atom. The Morgan fingerprint density at radius 3 is 2.04 bits per heavy atom. The van der Waals surface area contributed by atoms with E-state index in [1.165, 1.54) is 17.5 Å². The fraction of sp³-hybridized carbons (Fsp3) is 0.400. The smallest absolute Gasteiger partial charge is 0.343 e. The maximum absolute atomic E-state index is 11.8. The normalized spacial score (nSPS) is 16.5. The van der Waals surface area contributed by atoms with Gasteiger partial charge in [0.25, 0.3) is 0 Å². The highest BCUT2D eigenvalue weighted by atomic mass is 32.1. The molecule has 23 heavy (non-hydrogen) atoms. The van der Waals surface area contributed by atoms with Crippen LogP contribution in [0, 0.1) is 0 Å². The standard InChI is InChI=1S/C10H14O10P2S/c11-8(12)7(21(15,16)17)5-10(9(13)14,22(18,19)20)4-6-2-1-3-23-6/h1-3,7H,4-5H2,(H,11,12)(H,13,14)(H2,15,16,17)(H2,18,19,20). The molecule has 0 aliphatic heterocycles. The molecule has 0 saturated heterocycles. The number of carboxylic acid groups (broad SMARTS) is 2. The molecule has 0 bridgehead atoms. The molecule has 2 unspecified atom stereocenters. The van der Waals surface area contributed by atoms with Crippen molar-refractivity contribution < 1.29 is 48.5 Å². The highest BCUT2D eigenvalue weighted by Crippen LogP contribution is 2.58. The van der Waals surface area contributed by atoms with E-state index in [0.717, 1.165) is 11.3 Å². The second-order valence-corrected chi connectivity index (χ2v) is 9.56. The molecule has 13 heteroatoms. The summed E-state index contributed by atoms with van der Waals surface area (Å²) in [6.07, 6.45) is -2.17. The Bertz CT molecular complexity index is 674. The lowest BCUT2D eigenvalue weighted by Crippen LogP contribution is -2.45. The average molecular weight is 388 g/mol. The minimum atomic E-state index is -5.47. The summed E-state index contributed by atoms with van der Waals surface area (Å²) in [5.41, 5.74) is -2.55. The van der Waals surface area contributed by atoms with E-state index in [1.54, 1.807) is 0 Å².